The lowest BCUT2D eigenvalue weighted by molar-refractivity contribution is -0.117. The van der Waals surface area contributed by atoms with E-state index in [0.29, 0.717) is 6.42 Å². The molecule has 0 fully saturated rings. The fourth-order valence-corrected chi connectivity index (χ4v) is 4.22. The number of anilines is 2. The highest BCUT2D eigenvalue weighted by atomic mass is 32.2. The summed E-state index contributed by atoms with van der Waals surface area (Å²) in [5.41, 5.74) is 4.87. The van der Waals surface area contributed by atoms with Gasteiger partial charge in [-0.25, -0.2) is 13.6 Å². The van der Waals surface area contributed by atoms with Crippen LogP contribution in [0.25, 0.3) is 0 Å². The van der Waals surface area contributed by atoms with E-state index in [1.54, 1.807) is 17.0 Å². The topological polar surface area (TPSA) is 83.7 Å². The van der Waals surface area contributed by atoms with E-state index in [1.807, 2.05) is 38.8 Å². The summed E-state index contributed by atoms with van der Waals surface area (Å²) in [6, 6.07) is 10.8. The molecular weight excluding hydrogens is 362 g/mol. The van der Waals surface area contributed by atoms with Gasteiger partial charge in [-0.15, -0.1) is 0 Å². The lowest BCUT2D eigenvalue weighted by Crippen LogP contribution is -2.42. The van der Waals surface area contributed by atoms with Crippen LogP contribution >= 0.6 is 0 Å². The van der Waals surface area contributed by atoms with Gasteiger partial charge >= 0.3 is 0 Å². The number of sulfonamides is 1. The molecule has 2 aromatic carbocycles. The minimum Gasteiger partial charge on any atom is -0.365 e. The number of primary sulfonamides is 1. The zero-order valence-electron chi connectivity index (χ0n) is 16.1. The number of aryl methyl sites for hydroxylation is 2. The Morgan fingerprint density at radius 2 is 1.93 bits per heavy atom. The Kier molecular flexibility index (Phi) is 5.01. The van der Waals surface area contributed by atoms with Gasteiger partial charge in [0.25, 0.3) is 0 Å². The standard InChI is InChI=1S/C20H25N3O3S/c1-13-5-6-14(2)19(9-13)22(4)12-20(24)23-15(3)10-16-11-17(27(21,25)26)7-8-18(16)23/h5-9,11,15H,10,12H2,1-4H3,(H2,21,25,26). The first-order valence-corrected chi connectivity index (χ1v) is 10.4. The minimum atomic E-state index is -3.76. The number of carbonyl (C=O) groups is 1. The van der Waals surface area contributed by atoms with Crippen LogP contribution in [0.2, 0.25) is 0 Å². The summed E-state index contributed by atoms with van der Waals surface area (Å²) in [6.07, 6.45) is 0.609. The molecule has 0 aliphatic carbocycles. The number of hydrogen-bond donors (Lipinski definition) is 1. The molecule has 144 valence electrons. The molecule has 2 aromatic rings. The molecule has 1 unspecified atom stereocenters. The molecule has 0 aromatic heterocycles. The Labute approximate surface area is 160 Å². The van der Waals surface area contributed by atoms with Crippen molar-refractivity contribution in [2.45, 2.75) is 38.1 Å². The van der Waals surface area contributed by atoms with Crippen molar-refractivity contribution >= 4 is 27.3 Å². The highest BCUT2D eigenvalue weighted by Crippen LogP contribution is 2.34. The maximum atomic E-state index is 13.0. The Morgan fingerprint density at radius 3 is 2.59 bits per heavy atom. The third-order valence-electron chi connectivity index (χ3n) is 5.01. The van der Waals surface area contributed by atoms with Crippen molar-refractivity contribution < 1.29 is 13.2 Å². The minimum absolute atomic E-state index is 0.0204. The van der Waals surface area contributed by atoms with Gasteiger partial charge < -0.3 is 9.80 Å². The average molecular weight is 388 g/mol. The van der Waals surface area contributed by atoms with Crippen LogP contribution in [-0.4, -0.2) is 34.0 Å². The van der Waals surface area contributed by atoms with Crippen LogP contribution in [0.5, 0.6) is 0 Å². The number of carbonyl (C=O) groups excluding carboxylic acids is 1. The van der Waals surface area contributed by atoms with Crippen molar-refractivity contribution in [3.05, 3.63) is 53.1 Å². The van der Waals surface area contributed by atoms with E-state index in [4.69, 9.17) is 5.14 Å². The Morgan fingerprint density at radius 1 is 1.22 bits per heavy atom. The van der Waals surface area contributed by atoms with Crippen LogP contribution in [0.4, 0.5) is 11.4 Å². The van der Waals surface area contributed by atoms with Crippen molar-refractivity contribution in [2.75, 3.05) is 23.4 Å². The molecular formula is C20H25N3O3S. The van der Waals surface area contributed by atoms with Crippen molar-refractivity contribution in [1.29, 1.82) is 0 Å². The summed E-state index contributed by atoms with van der Waals surface area (Å²) < 4.78 is 23.2. The van der Waals surface area contributed by atoms with E-state index in [-0.39, 0.29) is 23.4 Å². The molecule has 0 spiro atoms. The van der Waals surface area contributed by atoms with Gasteiger partial charge in [-0.3, -0.25) is 4.79 Å². The van der Waals surface area contributed by atoms with E-state index in [2.05, 4.69) is 12.1 Å². The van der Waals surface area contributed by atoms with Crippen LogP contribution in [0.1, 0.15) is 23.6 Å². The molecule has 0 radical (unpaired) electrons. The summed E-state index contributed by atoms with van der Waals surface area (Å²) in [5.74, 6) is -0.0204. The number of amides is 1. The van der Waals surface area contributed by atoms with Gasteiger partial charge in [-0.2, -0.15) is 0 Å². The summed E-state index contributed by atoms with van der Waals surface area (Å²) >= 11 is 0. The molecule has 1 aliphatic rings. The molecule has 1 amide bonds. The first-order chi connectivity index (χ1) is 12.6. The number of nitrogens with two attached hydrogens (primary N) is 1. The number of nitrogens with zero attached hydrogens (tertiary/aromatic N) is 2. The molecule has 1 aliphatic heterocycles. The van der Waals surface area contributed by atoms with E-state index in [1.165, 1.54) is 6.07 Å². The number of benzene rings is 2. The van der Waals surface area contributed by atoms with Crippen LogP contribution in [0.15, 0.2) is 41.3 Å². The predicted molar refractivity (Wildman–Crippen MR) is 108 cm³/mol. The fourth-order valence-electron chi connectivity index (χ4n) is 3.66. The second kappa shape index (κ2) is 6.98. The van der Waals surface area contributed by atoms with Gasteiger partial charge in [0.1, 0.15) is 0 Å². The molecule has 1 atom stereocenters. The zero-order valence-corrected chi connectivity index (χ0v) is 16.9. The Bertz CT molecular complexity index is 1000. The van der Waals surface area contributed by atoms with Crippen molar-refractivity contribution in [3.63, 3.8) is 0 Å². The van der Waals surface area contributed by atoms with Crippen molar-refractivity contribution in [2.24, 2.45) is 5.14 Å². The predicted octanol–water partition coefficient (Wildman–Crippen LogP) is 2.36. The summed E-state index contributed by atoms with van der Waals surface area (Å²) in [5, 5.41) is 5.22. The van der Waals surface area contributed by atoms with Crippen LogP contribution in [-0.2, 0) is 21.2 Å². The van der Waals surface area contributed by atoms with Gasteiger partial charge in [0.15, 0.2) is 0 Å². The summed E-state index contributed by atoms with van der Waals surface area (Å²) in [7, 11) is -1.85. The van der Waals surface area contributed by atoms with Gasteiger partial charge in [-0.1, -0.05) is 12.1 Å². The first kappa shape index (κ1) is 19.4. The number of likely N-dealkylation sites (N-methyl/N-ethyl adjacent to an activating group) is 1. The van der Waals surface area contributed by atoms with E-state index < -0.39 is 10.0 Å². The van der Waals surface area contributed by atoms with Crippen LogP contribution in [0.3, 0.4) is 0 Å². The quantitative estimate of drug-likeness (QED) is 0.873. The second-order valence-corrected chi connectivity index (χ2v) is 8.86. The second-order valence-electron chi connectivity index (χ2n) is 7.30. The Hall–Kier alpha value is -2.38. The van der Waals surface area contributed by atoms with Gasteiger partial charge in [0.05, 0.1) is 11.4 Å². The molecule has 27 heavy (non-hydrogen) atoms. The molecule has 7 heteroatoms. The third kappa shape index (κ3) is 3.84. The summed E-state index contributed by atoms with van der Waals surface area (Å²) in [4.78, 5) is 16.8. The smallest absolute Gasteiger partial charge is 0.246 e. The van der Waals surface area contributed by atoms with Crippen molar-refractivity contribution in [1.82, 2.24) is 0 Å². The largest absolute Gasteiger partial charge is 0.365 e. The van der Waals surface area contributed by atoms with E-state index in [0.717, 1.165) is 28.1 Å². The molecule has 1 heterocycles. The van der Waals surface area contributed by atoms with Crippen LogP contribution < -0.4 is 14.9 Å². The maximum absolute atomic E-state index is 13.0. The number of rotatable bonds is 4. The molecule has 6 nitrogen and oxygen atoms in total. The highest BCUT2D eigenvalue weighted by molar-refractivity contribution is 7.89. The van der Waals surface area contributed by atoms with Crippen molar-refractivity contribution in [3.8, 4) is 0 Å². The monoisotopic (exact) mass is 387 g/mol. The molecule has 2 N–H and O–H groups in total. The van der Waals surface area contributed by atoms with Crippen LogP contribution in [0, 0.1) is 13.8 Å². The Balaban J connectivity index is 1.85. The normalized spacial score (nSPS) is 16.3. The third-order valence-corrected chi connectivity index (χ3v) is 5.92. The van der Waals surface area contributed by atoms with Gasteiger partial charge in [0, 0.05) is 24.5 Å². The number of hydrogen-bond acceptors (Lipinski definition) is 4. The molecule has 0 saturated heterocycles. The highest BCUT2D eigenvalue weighted by Gasteiger charge is 2.32. The first-order valence-electron chi connectivity index (χ1n) is 8.84. The molecule has 0 bridgehead atoms. The maximum Gasteiger partial charge on any atom is 0.246 e. The van der Waals surface area contributed by atoms with Gasteiger partial charge in [0.2, 0.25) is 15.9 Å². The lowest BCUT2D eigenvalue weighted by atomic mass is 10.1. The molecule has 0 saturated carbocycles. The SMILES string of the molecule is Cc1ccc(C)c(N(C)CC(=O)N2c3ccc(S(N)(=O)=O)cc3CC2C)c1. The average Bonchev–Trinajstić information content (AvgIpc) is 2.91. The summed E-state index contributed by atoms with van der Waals surface area (Å²) in [6.45, 7) is 6.26. The fraction of sp³-hybridized carbons (Fsp3) is 0.350. The number of fused-ring (bicyclic) bond motifs is 1. The zero-order chi connectivity index (χ0) is 19.9. The van der Waals surface area contributed by atoms with E-state index >= 15 is 0 Å². The van der Waals surface area contributed by atoms with Gasteiger partial charge in [-0.05, 0) is 68.1 Å². The molecule has 3 rings (SSSR count). The lowest BCUT2D eigenvalue weighted by Gasteiger charge is -2.27. The van der Waals surface area contributed by atoms with E-state index in [9.17, 15) is 13.2 Å².